The molecule has 0 spiro atoms. The zero-order chi connectivity index (χ0) is 74.5. The lowest BCUT2D eigenvalue weighted by molar-refractivity contribution is -0.274. The van der Waals surface area contributed by atoms with Crippen LogP contribution in [0.15, 0.2) is 174 Å². The Bertz CT molecular complexity index is 3060. The van der Waals surface area contributed by atoms with Crippen molar-refractivity contribution in [2.24, 2.45) is 0 Å². The van der Waals surface area contributed by atoms with Crippen LogP contribution in [0.1, 0.15) is 194 Å². The molecule has 0 aromatic heterocycles. The minimum Gasteiger partial charge on any atom is -0.454 e. The van der Waals surface area contributed by atoms with Gasteiger partial charge in [0.1, 0.15) is 5.75 Å². The van der Waals surface area contributed by atoms with E-state index in [1.807, 2.05) is 87.4 Å². The predicted molar refractivity (Wildman–Crippen MR) is 356 cm³/mol. The number of hydrogen-bond donors (Lipinski definition) is 0. The SMILES string of the molecule is CC(C)c1ccc(SC(F)(F)F)cc1.CC(C)c1ccc2c(c1)OCO2.CC(C)c1cccc(C(F)(F)F)c1.CC(C)c1cccc(C(F)(F)F)c1.CC(C)c1cccc(OC(F)(F)F)c1.CC(C)c1cccc(SC(F)(F)F)c1.CF.CF.CF.Cc1cccc(C(C)C)c1. The molecule has 8 rings (SSSR count). The van der Waals surface area contributed by atoms with Gasteiger partial charge < -0.3 is 14.2 Å². The Balaban J connectivity index is 0. The molecule has 23 heteroatoms. The lowest BCUT2D eigenvalue weighted by Crippen LogP contribution is -2.17. The first-order chi connectivity index (χ1) is 44.4. The van der Waals surface area contributed by atoms with Crippen LogP contribution in [0.5, 0.6) is 17.2 Å². The van der Waals surface area contributed by atoms with Crippen molar-refractivity contribution < 1.29 is 93.2 Å². The molecule has 0 saturated heterocycles. The average Bonchev–Trinajstić information content (AvgIpc) is 1.48. The summed E-state index contributed by atoms with van der Waals surface area (Å²) in [6, 6.07) is 44.7. The van der Waals surface area contributed by atoms with E-state index in [2.05, 4.69) is 69.7 Å². The van der Waals surface area contributed by atoms with E-state index in [4.69, 9.17) is 9.47 Å². The molecule has 0 fully saturated rings. The van der Waals surface area contributed by atoms with Crippen molar-refractivity contribution in [3.63, 3.8) is 0 Å². The number of halogens is 18. The van der Waals surface area contributed by atoms with E-state index in [1.165, 1.54) is 71.3 Å². The van der Waals surface area contributed by atoms with Crippen LogP contribution in [0.3, 0.4) is 0 Å². The first kappa shape index (κ1) is 91.4. The first-order valence-electron chi connectivity index (χ1n) is 29.9. The number of aryl methyl sites for hydroxylation is 1. The molecule has 538 valence electrons. The summed E-state index contributed by atoms with van der Waals surface area (Å²) in [6.45, 7) is 30.5. The van der Waals surface area contributed by atoms with E-state index < -0.39 is 40.9 Å². The van der Waals surface area contributed by atoms with Crippen LogP contribution in [0.4, 0.5) is 79.0 Å². The molecule has 0 atom stereocenters. The molecule has 7 aromatic carbocycles. The average molecular weight is 1420 g/mol. The smallest absolute Gasteiger partial charge is 0.454 e. The minimum absolute atomic E-state index is 0.0677. The van der Waals surface area contributed by atoms with Crippen LogP contribution in [-0.4, -0.2) is 45.7 Å². The Morgan fingerprint density at radius 2 is 0.646 bits per heavy atom. The van der Waals surface area contributed by atoms with Crippen molar-refractivity contribution >= 4 is 23.5 Å². The third-order valence-corrected chi connectivity index (χ3v) is 14.3. The molecule has 0 bridgehead atoms. The molecule has 0 aliphatic carbocycles. The van der Waals surface area contributed by atoms with Gasteiger partial charge in [0.25, 0.3) is 0 Å². The van der Waals surface area contributed by atoms with Crippen LogP contribution >= 0.6 is 23.5 Å². The van der Waals surface area contributed by atoms with E-state index in [1.54, 1.807) is 48.5 Å². The number of ether oxygens (including phenoxy) is 3. The lowest BCUT2D eigenvalue weighted by Gasteiger charge is -2.11. The Hall–Kier alpha value is -6.62. The molecule has 1 aliphatic rings. The molecule has 1 aliphatic heterocycles. The predicted octanol–water partition coefficient (Wildman–Crippen LogP) is 27.6. The number of alkyl halides is 18. The zero-order valence-electron chi connectivity index (χ0n) is 57.2. The molecule has 1 heterocycles. The van der Waals surface area contributed by atoms with Gasteiger partial charge in [-0.25, -0.2) is 0 Å². The highest BCUT2D eigenvalue weighted by atomic mass is 32.2. The largest absolute Gasteiger partial charge is 0.573 e. The van der Waals surface area contributed by atoms with Gasteiger partial charge in [0.2, 0.25) is 6.79 Å². The second-order valence-corrected chi connectivity index (χ2v) is 25.0. The molecule has 0 amide bonds. The third kappa shape index (κ3) is 40.2. The highest BCUT2D eigenvalue weighted by molar-refractivity contribution is 8.00. The number of thioether (sulfide) groups is 2. The summed E-state index contributed by atoms with van der Waals surface area (Å²) in [5.41, 5.74) is -1.22. The second kappa shape index (κ2) is 45.1. The first-order valence-corrected chi connectivity index (χ1v) is 31.6. The van der Waals surface area contributed by atoms with Crippen molar-refractivity contribution in [1.82, 2.24) is 0 Å². The van der Waals surface area contributed by atoms with Crippen LogP contribution in [-0.2, 0) is 12.4 Å². The molecule has 0 unspecified atom stereocenters. The summed E-state index contributed by atoms with van der Waals surface area (Å²) in [4.78, 5) is 0.491. The molecule has 7 aromatic rings. The van der Waals surface area contributed by atoms with Crippen molar-refractivity contribution in [1.29, 1.82) is 0 Å². The third-order valence-electron chi connectivity index (χ3n) is 12.8. The Labute approximate surface area is 564 Å². The summed E-state index contributed by atoms with van der Waals surface area (Å²) in [5.74, 6) is 3.81. The monoisotopic (exact) mass is 1420 g/mol. The van der Waals surface area contributed by atoms with Gasteiger partial charge in [-0.05, 0) is 171 Å². The van der Waals surface area contributed by atoms with Crippen molar-refractivity contribution in [3.8, 4) is 17.2 Å². The van der Waals surface area contributed by atoms with E-state index in [0.29, 0.717) is 46.1 Å². The zero-order valence-corrected chi connectivity index (χ0v) is 58.8. The minimum atomic E-state index is -4.62. The fourth-order valence-corrected chi connectivity index (χ4v) is 8.79. The number of benzene rings is 7. The maximum absolute atomic E-state index is 12.2. The highest BCUT2D eigenvalue weighted by Crippen LogP contribution is 2.40. The molecule has 0 radical (unpaired) electrons. The fourth-order valence-electron chi connectivity index (χ4n) is 7.65. The van der Waals surface area contributed by atoms with Crippen LogP contribution < -0.4 is 14.2 Å². The molecular weight excluding hydrogens is 1330 g/mol. The molecule has 96 heavy (non-hydrogen) atoms. The van der Waals surface area contributed by atoms with Crippen molar-refractivity contribution in [2.45, 2.75) is 185 Å². The Morgan fingerprint density at radius 1 is 0.323 bits per heavy atom. The Morgan fingerprint density at radius 3 is 1.01 bits per heavy atom. The van der Waals surface area contributed by atoms with Gasteiger partial charge in [0, 0.05) is 9.79 Å². The Kier molecular flexibility index (Phi) is 42.9. The highest BCUT2D eigenvalue weighted by Gasteiger charge is 2.33. The summed E-state index contributed by atoms with van der Waals surface area (Å²) >= 11 is -0.147. The van der Waals surface area contributed by atoms with Crippen molar-refractivity contribution in [3.05, 3.63) is 219 Å². The summed E-state index contributed by atoms with van der Waals surface area (Å²) in [7, 11) is 1.50. The quantitative estimate of drug-likeness (QED) is 0.101. The van der Waals surface area contributed by atoms with Gasteiger partial charge in [0.15, 0.2) is 11.5 Å². The number of fused-ring (bicyclic) bond motifs is 1. The van der Waals surface area contributed by atoms with Gasteiger partial charge in [0.05, 0.1) is 32.7 Å². The fraction of sp³-hybridized carbons (Fsp3) is 0.425. The number of hydrogen-bond acceptors (Lipinski definition) is 5. The van der Waals surface area contributed by atoms with E-state index in [-0.39, 0.29) is 62.7 Å². The van der Waals surface area contributed by atoms with E-state index in [9.17, 15) is 79.0 Å². The van der Waals surface area contributed by atoms with E-state index in [0.717, 1.165) is 51.4 Å². The lowest BCUT2D eigenvalue weighted by atomic mass is 10.0. The van der Waals surface area contributed by atoms with Gasteiger partial charge in [-0.2, -0.15) is 52.7 Å². The maximum Gasteiger partial charge on any atom is 0.573 e. The molecular formula is C73H90F18O3S2. The van der Waals surface area contributed by atoms with Crippen molar-refractivity contribution in [2.75, 3.05) is 28.3 Å². The molecule has 0 saturated carbocycles. The summed E-state index contributed by atoms with van der Waals surface area (Å²) in [6.07, 6.45) is -13.1. The molecule has 3 nitrogen and oxygen atoms in total. The summed E-state index contributed by atoms with van der Waals surface area (Å²) < 4.78 is 224. The van der Waals surface area contributed by atoms with Crippen LogP contribution in [0.2, 0.25) is 0 Å². The maximum atomic E-state index is 12.2. The van der Waals surface area contributed by atoms with Gasteiger partial charge in [-0.3, -0.25) is 13.2 Å². The van der Waals surface area contributed by atoms with E-state index >= 15 is 0 Å². The number of rotatable bonds is 10. The van der Waals surface area contributed by atoms with Gasteiger partial charge >= 0.3 is 29.7 Å². The molecule has 0 N–H and O–H groups in total. The van der Waals surface area contributed by atoms with Crippen LogP contribution in [0.25, 0.3) is 0 Å². The van der Waals surface area contributed by atoms with Gasteiger partial charge in [-0.15, -0.1) is 13.2 Å². The topological polar surface area (TPSA) is 27.7 Å². The van der Waals surface area contributed by atoms with Crippen LogP contribution in [0, 0.1) is 6.92 Å². The normalized spacial score (nSPS) is 11.6. The second-order valence-electron chi connectivity index (χ2n) is 22.7. The summed E-state index contributed by atoms with van der Waals surface area (Å²) in [5, 5.41) is 0. The standard InChI is InChI=1S/C10H11F3O.2C10H11F3S.2C10H11F3.C10H12O2.C10H14.3CH3F/c1-7(2)8-4-3-5-9(6-8)14-10(11,12)13;1-7(2)8-3-5-9(6-4-8)14-10(11,12)13;1-7(2)8-4-3-5-9(6-8)14-10(11,12)13;2*1-7(2)8-4-3-5-9(6-8)10(11,12)13;1-7(2)8-3-4-9-10(5-8)12-6-11-9;1-8(2)10-6-4-5-9(3)7-10;3*1-2/h3*3-7H,1-2H3;2*3-7H,1-2H3;3-5,7H,6H2,1-2H3;4-8H,1-3H3;3*1H3. The van der Waals surface area contributed by atoms with Gasteiger partial charge in [-0.1, -0.05) is 206 Å².